The SMILES string of the molecule is CCOC(=O)NNC(=O)c1cnn(-c2ccccc2F)c1C. The van der Waals surface area contributed by atoms with E-state index in [1.807, 2.05) is 0 Å². The predicted molar refractivity (Wildman–Crippen MR) is 75.9 cm³/mol. The number of hydrazine groups is 1. The Morgan fingerprint density at radius 1 is 1.32 bits per heavy atom. The van der Waals surface area contributed by atoms with Crippen molar-refractivity contribution < 1.29 is 18.7 Å². The number of nitrogens with zero attached hydrogens (tertiary/aromatic N) is 2. The van der Waals surface area contributed by atoms with Crippen LogP contribution in [0.1, 0.15) is 23.0 Å². The van der Waals surface area contributed by atoms with Gasteiger partial charge in [0.1, 0.15) is 11.5 Å². The summed E-state index contributed by atoms with van der Waals surface area (Å²) in [6.45, 7) is 3.45. The molecule has 2 aromatic rings. The number of ether oxygens (including phenoxy) is 1. The van der Waals surface area contributed by atoms with E-state index in [2.05, 4.69) is 20.7 Å². The summed E-state index contributed by atoms with van der Waals surface area (Å²) in [4.78, 5) is 23.1. The summed E-state index contributed by atoms with van der Waals surface area (Å²) in [7, 11) is 0. The minimum atomic E-state index is -0.769. The smallest absolute Gasteiger partial charge is 0.426 e. The van der Waals surface area contributed by atoms with Gasteiger partial charge < -0.3 is 4.74 Å². The molecule has 8 heteroatoms. The van der Waals surface area contributed by atoms with Crippen molar-refractivity contribution in [3.8, 4) is 5.69 Å². The number of nitrogens with one attached hydrogen (secondary N) is 2. The summed E-state index contributed by atoms with van der Waals surface area (Å²) >= 11 is 0. The van der Waals surface area contributed by atoms with Gasteiger partial charge in [-0.2, -0.15) is 5.10 Å². The molecule has 2 amide bonds. The number of amides is 2. The van der Waals surface area contributed by atoms with Crippen LogP contribution >= 0.6 is 0 Å². The summed E-state index contributed by atoms with van der Waals surface area (Å²) < 4.78 is 19.7. The van der Waals surface area contributed by atoms with Gasteiger partial charge in [0.25, 0.3) is 5.91 Å². The highest BCUT2D eigenvalue weighted by Gasteiger charge is 2.17. The van der Waals surface area contributed by atoms with Gasteiger partial charge >= 0.3 is 6.09 Å². The standard InChI is InChI=1S/C14H15FN4O3/c1-3-22-14(21)18-17-13(20)10-8-16-19(9(10)2)12-7-5-4-6-11(12)15/h4-8H,3H2,1-2H3,(H,17,20)(H,18,21). The topological polar surface area (TPSA) is 85.2 Å². The Hall–Kier alpha value is -2.90. The zero-order valence-corrected chi connectivity index (χ0v) is 12.1. The molecule has 0 atom stereocenters. The normalized spacial score (nSPS) is 10.1. The van der Waals surface area contributed by atoms with Gasteiger partial charge in [0, 0.05) is 0 Å². The Balaban J connectivity index is 2.16. The van der Waals surface area contributed by atoms with Gasteiger partial charge in [-0.05, 0) is 26.0 Å². The van der Waals surface area contributed by atoms with Crippen LogP contribution in [0.2, 0.25) is 0 Å². The Bertz CT molecular complexity index is 699. The highest BCUT2D eigenvalue weighted by Crippen LogP contribution is 2.16. The third-order valence-electron chi connectivity index (χ3n) is 2.89. The summed E-state index contributed by atoms with van der Waals surface area (Å²) in [6.07, 6.45) is 0.527. The molecule has 7 nitrogen and oxygen atoms in total. The van der Waals surface area contributed by atoms with Crippen LogP contribution in [0, 0.1) is 12.7 Å². The van der Waals surface area contributed by atoms with Crippen LogP contribution in [0.5, 0.6) is 0 Å². The molecule has 0 unspecified atom stereocenters. The first kappa shape index (κ1) is 15.5. The molecule has 2 N–H and O–H groups in total. The quantitative estimate of drug-likeness (QED) is 0.845. The maximum atomic E-state index is 13.8. The molecule has 2 rings (SSSR count). The van der Waals surface area contributed by atoms with E-state index in [1.165, 1.54) is 16.9 Å². The minimum absolute atomic E-state index is 0.186. The zero-order valence-electron chi connectivity index (χ0n) is 12.1. The van der Waals surface area contributed by atoms with E-state index < -0.39 is 17.8 Å². The third kappa shape index (κ3) is 3.22. The van der Waals surface area contributed by atoms with E-state index >= 15 is 0 Å². The van der Waals surface area contributed by atoms with Crippen molar-refractivity contribution in [1.29, 1.82) is 0 Å². The molecule has 1 heterocycles. The molecule has 0 bridgehead atoms. The van der Waals surface area contributed by atoms with Crippen LogP contribution in [0.4, 0.5) is 9.18 Å². The van der Waals surface area contributed by atoms with Crippen molar-refractivity contribution >= 4 is 12.0 Å². The monoisotopic (exact) mass is 306 g/mol. The number of hydrogen-bond donors (Lipinski definition) is 2. The lowest BCUT2D eigenvalue weighted by molar-refractivity contribution is 0.0912. The molecule has 22 heavy (non-hydrogen) atoms. The van der Waals surface area contributed by atoms with Crippen LogP contribution in [0.15, 0.2) is 30.5 Å². The number of aromatic nitrogens is 2. The molecular weight excluding hydrogens is 291 g/mol. The Morgan fingerprint density at radius 3 is 2.73 bits per heavy atom. The summed E-state index contributed by atoms with van der Waals surface area (Å²) in [5.41, 5.74) is 5.17. The first-order valence-corrected chi connectivity index (χ1v) is 6.57. The maximum Gasteiger partial charge on any atom is 0.426 e. The van der Waals surface area contributed by atoms with Gasteiger partial charge in [0.2, 0.25) is 0 Å². The second-order valence-electron chi connectivity index (χ2n) is 4.31. The van der Waals surface area contributed by atoms with Gasteiger partial charge in [-0.25, -0.2) is 19.3 Å². The lowest BCUT2D eigenvalue weighted by atomic mass is 10.2. The molecule has 1 aromatic heterocycles. The van der Waals surface area contributed by atoms with Crippen molar-refractivity contribution in [2.75, 3.05) is 6.61 Å². The number of hydrogen-bond acceptors (Lipinski definition) is 4. The van der Waals surface area contributed by atoms with Crippen LogP contribution in [0.3, 0.4) is 0 Å². The van der Waals surface area contributed by atoms with Gasteiger partial charge in [-0.1, -0.05) is 12.1 Å². The van der Waals surface area contributed by atoms with E-state index in [1.54, 1.807) is 32.0 Å². The zero-order chi connectivity index (χ0) is 16.1. The van der Waals surface area contributed by atoms with Crippen LogP contribution in [-0.2, 0) is 4.74 Å². The number of halogens is 1. The Kier molecular flexibility index (Phi) is 4.72. The number of para-hydroxylation sites is 1. The van der Waals surface area contributed by atoms with Crippen LogP contribution in [0.25, 0.3) is 5.69 Å². The third-order valence-corrected chi connectivity index (χ3v) is 2.89. The van der Waals surface area contributed by atoms with E-state index in [-0.39, 0.29) is 17.9 Å². The molecule has 0 spiro atoms. The van der Waals surface area contributed by atoms with Crippen molar-refractivity contribution in [2.24, 2.45) is 0 Å². The first-order valence-electron chi connectivity index (χ1n) is 6.57. The minimum Gasteiger partial charge on any atom is -0.449 e. The van der Waals surface area contributed by atoms with Gasteiger partial charge in [0.15, 0.2) is 0 Å². The van der Waals surface area contributed by atoms with E-state index in [9.17, 15) is 14.0 Å². The van der Waals surface area contributed by atoms with E-state index in [0.29, 0.717) is 5.69 Å². The van der Waals surface area contributed by atoms with Crippen LogP contribution in [-0.4, -0.2) is 28.4 Å². The predicted octanol–water partition coefficient (Wildman–Crippen LogP) is 1.71. The van der Waals surface area contributed by atoms with Crippen molar-refractivity contribution in [2.45, 2.75) is 13.8 Å². The summed E-state index contributed by atoms with van der Waals surface area (Å²) in [5, 5.41) is 4.00. The molecule has 1 aromatic carbocycles. The second-order valence-corrected chi connectivity index (χ2v) is 4.31. The molecule has 0 saturated carbocycles. The van der Waals surface area contributed by atoms with Crippen molar-refractivity contribution in [3.05, 3.63) is 47.5 Å². The molecule has 0 aliphatic carbocycles. The lowest BCUT2D eigenvalue weighted by Crippen LogP contribution is -2.42. The summed E-state index contributed by atoms with van der Waals surface area (Å²) in [6, 6.07) is 6.09. The van der Waals surface area contributed by atoms with Crippen molar-refractivity contribution in [1.82, 2.24) is 20.6 Å². The molecule has 0 aliphatic heterocycles. The van der Waals surface area contributed by atoms with Crippen LogP contribution < -0.4 is 10.9 Å². The Morgan fingerprint density at radius 2 is 2.05 bits per heavy atom. The Labute approximate surface area is 126 Å². The fraction of sp³-hybridized carbons (Fsp3) is 0.214. The fourth-order valence-corrected chi connectivity index (χ4v) is 1.84. The number of carbonyl (C=O) groups is 2. The number of rotatable bonds is 3. The molecule has 0 fully saturated rings. The van der Waals surface area contributed by atoms with Gasteiger partial charge in [-0.15, -0.1) is 0 Å². The summed E-state index contributed by atoms with van der Waals surface area (Å²) in [5.74, 6) is -1.03. The average Bonchev–Trinajstić information content (AvgIpc) is 2.87. The first-order chi connectivity index (χ1) is 10.5. The van der Waals surface area contributed by atoms with E-state index in [0.717, 1.165) is 0 Å². The molecule has 0 aliphatic rings. The number of carbonyl (C=O) groups excluding carboxylic acids is 2. The van der Waals surface area contributed by atoms with Gasteiger partial charge in [0.05, 0.1) is 24.1 Å². The number of benzene rings is 1. The average molecular weight is 306 g/mol. The largest absolute Gasteiger partial charge is 0.449 e. The van der Waals surface area contributed by atoms with Gasteiger partial charge in [-0.3, -0.25) is 10.2 Å². The molecule has 0 radical (unpaired) electrons. The fourth-order valence-electron chi connectivity index (χ4n) is 1.84. The molecular formula is C14H15FN4O3. The lowest BCUT2D eigenvalue weighted by Gasteiger charge is -2.08. The second kappa shape index (κ2) is 6.70. The maximum absolute atomic E-state index is 13.8. The highest BCUT2D eigenvalue weighted by atomic mass is 19.1. The van der Waals surface area contributed by atoms with E-state index in [4.69, 9.17) is 0 Å². The highest BCUT2D eigenvalue weighted by molar-refractivity contribution is 5.95. The molecule has 116 valence electrons. The van der Waals surface area contributed by atoms with Crippen molar-refractivity contribution in [3.63, 3.8) is 0 Å². The molecule has 0 saturated heterocycles.